The summed E-state index contributed by atoms with van der Waals surface area (Å²) in [7, 11) is 0. The van der Waals surface area contributed by atoms with E-state index in [9.17, 15) is 19.1 Å². The van der Waals surface area contributed by atoms with E-state index < -0.39 is 28.5 Å². The molecule has 0 saturated heterocycles. The molecule has 158 valence electrons. The van der Waals surface area contributed by atoms with Gasteiger partial charge in [0, 0.05) is 16.4 Å². The topological polar surface area (TPSA) is 112 Å². The first-order valence-corrected chi connectivity index (χ1v) is 10.6. The standard InChI is InChI=1S/C20H20FN3O4S2/c1-9-16(30-15(23-9)7-22-19(28)20(2,3)4)13-8-29-17(24-13)10-6-14(25)11(18(26)27)5-12(10)21/h5-6,8,25H,7H2,1-4H3,(H,22,28)(H,26,27). The number of thiazole rings is 2. The first kappa shape index (κ1) is 21.8. The average Bonchev–Trinajstić information content (AvgIpc) is 3.26. The number of aromatic nitrogens is 2. The van der Waals surface area contributed by atoms with Crippen molar-refractivity contribution in [3.05, 3.63) is 39.6 Å². The maximum absolute atomic E-state index is 14.4. The van der Waals surface area contributed by atoms with E-state index in [0.29, 0.717) is 17.2 Å². The van der Waals surface area contributed by atoms with E-state index in [0.717, 1.165) is 27.7 Å². The van der Waals surface area contributed by atoms with E-state index in [4.69, 9.17) is 5.11 Å². The van der Waals surface area contributed by atoms with E-state index in [1.54, 1.807) is 5.38 Å². The van der Waals surface area contributed by atoms with Gasteiger partial charge >= 0.3 is 5.97 Å². The normalized spacial score (nSPS) is 11.5. The van der Waals surface area contributed by atoms with Crippen LogP contribution in [-0.2, 0) is 11.3 Å². The predicted molar refractivity (Wildman–Crippen MR) is 113 cm³/mol. The molecule has 2 heterocycles. The number of aromatic hydroxyl groups is 1. The van der Waals surface area contributed by atoms with Crippen molar-refractivity contribution in [2.24, 2.45) is 5.41 Å². The second-order valence-electron chi connectivity index (χ2n) is 7.65. The van der Waals surface area contributed by atoms with Crippen molar-refractivity contribution in [1.29, 1.82) is 0 Å². The number of hydrogen-bond acceptors (Lipinski definition) is 7. The van der Waals surface area contributed by atoms with Gasteiger partial charge in [0.1, 0.15) is 27.1 Å². The van der Waals surface area contributed by atoms with Crippen LogP contribution in [0.2, 0.25) is 0 Å². The Bertz CT molecular complexity index is 1130. The summed E-state index contributed by atoms with van der Waals surface area (Å²) < 4.78 is 14.4. The van der Waals surface area contributed by atoms with Gasteiger partial charge in [0.25, 0.3) is 0 Å². The second kappa shape index (κ2) is 8.11. The first-order chi connectivity index (χ1) is 14.0. The van der Waals surface area contributed by atoms with E-state index in [2.05, 4.69) is 15.3 Å². The number of carboxylic acid groups (broad SMARTS) is 1. The Kier molecular flexibility index (Phi) is 5.91. The van der Waals surface area contributed by atoms with Gasteiger partial charge in [-0.2, -0.15) is 0 Å². The number of hydrogen-bond donors (Lipinski definition) is 3. The monoisotopic (exact) mass is 449 g/mol. The number of nitrogens with zero attached hydrogens (tertiary/aromatic N) is 2. The number of aryl methyl sites for hydroxylation is 1. The fourth-order valence-corrected chi connectivity index (χ4v) is 4.45. The summed E-state index contributed by atoms with van der Waals surface area (Å²) in [6, 6.07) is 1.84. The molecule has 0 spiro atoms. The van der Waals surface area contributed by atoms with Crippen molar-refractivity contribution in [1.82, 2.24) is 15.3 Å². The molecular weight excluding hydrogens is 429 g/mol. The molecule has 1 aromatic carbocycles. The van der Waals surface area contributed by atoms with Gasteiger partial charge in [-0.15, -0.1) is 22.7 Å². The molecule has 3 N–H and O–H groups in total. The van der Waals surface area contributed by atoms with Crippen LogP contribution in [0.5, 0.6) is 5.75 Å². The third-order valence-corrected chi connectivity index (χ3v) is 6.26. The number of benzene rings is 1. The van der Waals surface area contributed by atoms with Crippen LogP contribution in [0.4, 0.5) is 4.39 Å². The van der Waals surface area contributed by atoms with Crippen molar-refractivity contribution < 1.29 is 24.2 Å². The van der Waals surface area contributed by atoms with Crippen molar-refractivity contribution in [3.63, 3.8) is 0 Å². The second-order valence-corrected chi connectivity index (χ2v) is 9.59. The number of carbonyl (C=O) groups excluding carboxylic acids is 1. The SMILES string of the molecule is Cc1nc(CNC(=O)C(C)(C)C)sc1-c1csc(-c2cc(O)c(C(=O)O)cc2F)n1. The van der Waals surface area contributed by atoms with Crippen LogP contribution in [0.15, 0.2) is 17.5 Å². The molecule has 0 saturated carbocycles. The first-order valence-electron chi connectivity index (χ1n) is 8.94. The fourth-order valence-electron chi connectivity index (χ4n) is 2.59. The molecule has 7 nitrogen and oxygen atoms in total. The summed E-state index contributed by atoms with van der Waals surface area (Å²) >= 11 is 2.56. The van der Waals surface area contributed by atoms with Crippen molar-refractivity contribution >= 4 is 34.6 Å². The summed E-state index contributed by atoms with van der Waals surface area (Å²) in [5.74, 6) is -2.80. The molecule has 0 bridgehead atoms. The number of aromatic carboxylic acids is 1. The maximum Gasteiger partial charge on any atom is 0.339 e. The fraction of sp³-hybridized carbons (Fsp3) is 0.300. The zero-order valence-corrected chi connectivity index (χ0v) is 18.4. The van der Waals surface area contributed by atoms with Crippen LogP contribution in [-0.4, -0.2) is 32.1 Å². The molecule has 0 atom stereocenters. The molecule has 0 aliphatic carbocycles. The van der Waals surface area contributed by atoms with Crippen molar-refractivity contribution in [2.75, 3.05) is 0 Å². The smallest absolute Gasteiger partial charge is 0.339 e. The molecule has 0 radical (unpaired) electrons. The van der Waals surface area contributed by atoms with Gasteiger partial charge in [-0.25, -0.2) is 19.2 Å². The molecule has 30 heavy (non-hydrogen) atoms. The van der Waals surface area contributed by atoms with Gasteiger partial charge in [0.2, 0.25) is 5.91 Å². The summed E-state index contributed by atoms with van der Waals surface area (Å²) in [5, 5.41) is 24.5. The van der Waals surface area contributed by atoms with Crippen molar-refractivity contribution in [3.8, 4) is 26.9 Å². The van der Waals surface area contributed by atoms with Gasteiger partial charge in [-0.05, 0) is 19.1 Å². The van der Waals surface area contributed by atoms with E-state index in [1.165, 1.54) is 22.7 Å². The molecule has 3 aromatic rings. The quantitative estimate of drug-likeness (QED) is 0.531. The maximum atomic E-state index is 14.4. The average molecular weight is 450 g/mol. The third kappa shape index (κ3) is 4.49. The number of phenols is 1. The van der Waals surface area contributed by atoms with E-state index in [-0.39, 0.29) is 11.5 Å². The zero-order valence-electron chi connectivity index (χ0n) is 16.7. The number of rotatable bonds is 5. The van der Waals surface area contributed by atoms with Gasteiger partial charge in [0.15, 0.2) is 0 Å². The Hall–Kier alpha value is -2.85. The number of carbonyl (C=O) groups is 2. The van der Waals surface area contributed by atoms with Gasteiger partial charge in [0.05, 0.1) is 22.8 Å². The Morgan fingerprint density at radius 2 is 1.93 bits per heavy atom. The Morgan fingerprint density at radius 1 is 1.23 bits per heavy atom. The molecule has 0 aliphatic heterocycles. The molecule has 10 heteroatoms. The molecule has 0 fully saturated rings. The van der Waals surface area contributed by atoms with Gasteiger partial charge in [-0.1, -0.05) is 20.8 Å². The minimum Gasteiger partial charge on any atom is -0.507 e. The lowest BCUT2D eigenvalue weighted by Crippen LogP contribution is -2.34. The van der Waals surface area contributed by atoms with Crippen LogP contribution >= 0.6 is 22.7 Å². The Labute approximate surface area is 180 Å². The van der Waals surface area contributed by atoms with Gasteiger partial charge < -0.3 is 15.5 Å². The number of nitrogens with one attached hydrogen (secondary N) is 1. The summed E-state index contributed by atoms with van der Waals surface area (Å²) in [5.41, 5.74) is 0.355. The number of amides is 1. The van der Waals surface area contributed by atoms with Crippen LogP contribution < -0.4 is 5.32 Å². The number of carboxylic acids is 1. The molecule has 0 aliphatic rings. The minimum absolute atomic E-state index is 0.0218. The minimum atomic E-state index is -1.41. The van der Waals surface area contributed by atoms with Crippen LogP contribution in [0, 0.1) is 18.2 Å². The highest BCUT2D eigenvalue weighted by Gasteiger charge is 2.22. The summed E-state index contributed by atoms with van der Waals surface area (Å²) in [6.45, 7) is 7.62. The van der Waals surface area contributed by atoms with Gasteiger partial charge in [-0.3, -0.25) is 4.79 Å². The number of halogens is 1. The molecule has 0 unspecified atom stereocenters. The lowest BCUT2D eigenvalue weighted by Gasteiger charge is -2.16. The van der Waals surface area contributed by atoms with E-state index >= 15 is 0 Å². The molecular formula is C20H20FN3O4S2. The zero-order chi connectivity index (χ0) is 22.2. The van der Waals surface area contributed by atoms with Crippen molar-refractivity contribution in [2.45, 2.75) is 34.2 Å². The Balaban J connectivity index is 1.85. The Morgan fingerprint density at radius 3 is 2.57 bits per heavy atom. The van der Waals surface area contributed by atoms with Crippen LogP contribution in [0.3, 0.4) is 0 Å². The summed E-state index contributed by atoms with van der Waals surface area (Å²) in [6.07, 6.45) is 0. The predicted octanol–water partition coefficient (Wildman–Crippen LogP) is 4.45. The third-order valence-electron chi connectivity index (χ3n) is 4.21. The highest BCUT2D eigenvalue weighted by molar-refractivity contribution is 7.16. The highest BCUT2D eigenvalue weighted by atomic mass is 32.1. The highest BCUT2D eigenvalue weighted by Crippen LogP contribution is 2.36. The summed E-state index contributed by atoms with van der Waals surface area (Å²) in [4.78, 5) is 32.8. The lowest BCUT2D eigenvalue weighted by molar-refractivity contribution is -0.128. The molecule has 2 aromatic heterocycles. The van der Waals surface area contributed by atoms with Crippen LogP contribution in [0.25, 0.3) is 21.1 Å². The lowest BCUT2D eigenvalue weighted by atomic mass is 9.96. The largest absolute Gasteiger partial charge is 0.507 e. The van der Waals surface area contributed by atoms with Crippen LogP contribution in [0.1, 0.15) is 41.8 Å². The molecule has 1 amide bonds. The van der Waals surface area contributed by atoms with E-state index in [1.807, 2.05) is 27.7 Å². The molecule has 3 rings (SSSR count).